The van der Waals surface area contributed by atoms with E-state index in [0.717, 1.165) is 15.8 Å². The smallest absolute Gasteiger partial charge is 0.350 e. The average Bonchev–Trinajstić information content (AvgIpc) is 3.43. The van der Waals surface area contributed by atoms with E-state index in [-0.39, 0.29) is 21.3 Å². The molecule has 4 rings (SSSR count). The first kappa shape index (κ1) is 22.0. The fraction of sp³-hybridized carbons (Fsp3) is 0.182. The van der Waals surface area contributed by atoms with Crippen LogP contribution in [0.15, 0.2) is 56.6 Å². The first-order chi connectivity index (χ1) is 15.2. The lowest BCUT2D eigenvalue weighted by Gasteiger charge is -2.24. The lowest BCUT2D eigenvalue weighted by Crippen LogP contribution is -2.31. The largest absolute Gasteiger partial charge is 0.503 e. The van der Waals surface area contributed by atoms with Crippen LogP contribution in [-0.2, 0) is 9.53 Å². The second-order valence-electron chi connectivity index (χ2n) is 7.04. The fourth-order valence-corrected chi connectivity index (χ4v) is 4.91. The third-order valence-corrected chi connectivity index (χ3v) is 6.57. The zero-order valence-electron chi connectivity index (χ0n) is 17.2. The maximum absolute atomic E-state index is 13.3. The van der Waals surface area contributed by atoms with Gasteiger partial charge in [0.15, 0.2) is 16.7 Å². The first-order valence-corrected chi connectivity index (χ1v) is 11.0. The highest BCUT2D eigenvalue weighted by molar-refractivity contribution is 9.10. The summed E-state index contributed by atoms with van der Waals surface area (Å²) in [5.74, 6) is -2.17. The van der Waals surface area contributed by atoms with Gasteiger partial charge in [-0.3, -0.25) is 14.5 Å². The minimum Gasteiger partial charge on any atom is -0.503 e. The van der Waals surface area contributed by atoms with Crippen molar-refractivity contribution in [1.29, 1.82) is 0 Å². The number of carbonyl (C=O) groups is 3. The van der Waals surface area contributed by atoms with Gasteiger partial charge in [-0.1, -0.05) is 39.4 Å². The Morgan fingerprint density at radius 3 is 2.62 bits per heavy atom. The Morgan fingerprint density at radius 2 is 2.00 bits per heavy atom. The number of nitrogens with zero attached hydrogens (tertiary/aromatic N) is 2. The van der Waals surface area contributed by atoms with Crippen LogP contribution in [0.2, 0.25) is 0 Å². The van der Waals surface area contributed by atoms with E-state index in [1.807, 2.05) is 0 Å². The Kier molecular flexibility index (Phi) is 5.74. The van der Waals surface area contributed by atoms with Crippen molar-refractivity contribution in [2.45, 2.75) is 19.9 Å². The zero-order chi connectivity index (χ0) is 23.2. The van der Waals surface area contributed by atoms with Gasteiger partial charge in [-0.15, -0.1) is 0 Å². The highest BCUT2D eigenvalue weighted by atomic mass is 79.9. The molecule has 1 aromatic carbocycles. The van der Waals surface area contributed by atoms with Gasteiger partial charge >= 0.3 is 5.97 Å². The van der Waals surface area contributed by atoms with E-state index < -0.39 is 29.5 Å². The number of esters is 1. The first-order valence-electron chi connectivity index (χ1n) is 9.42. The van der Waals surface area contributed by atoms with Gasteiger partial charge in [-0.2, -0.15) is 0 Å². The summed E-state index contributed by atoms with van der Waals surface area (Å²) in [6, 6.07) is 9.17. The van der Waals surface area contributed by atoms with Crippen LogP contribution in [0.4, 0.5) is 5.13 Å². The SMILES string of the molecule is COC(=O)c1sc(N2C(=O)C(O)=C(C(=O)c3ccc(C)o3)[C@H]2c2cccc(Br)c2)nc1C. The molecule has 1 N–H and O–H groups in total. The molecular formula is C22H17BrN2O6S. The molecule has 0 saturated carbocycles. The normalized spacial score (nSPS) is 16.1. The number of benzene rings is 1. The molecule has 1 atom stereocenters. The number of carbonyl (C=O) groups excluding carboxylic acids is 3. The minimum atomic E-state index is -0.978. The summed E-state index contributed by atoms with van der Waals surface area (Å²) in [6.45, 7) is 3.31. The van der Waals surface area contributed by atoms with E-state index >= 15 is 0 Å². The molecular weight excluding hydrogens is 500 g/mol. The zero-order valence-corrected chi connectivity index (χ0v) is 19.6. The number of aromatic nitrogens is 1. The van der Waals surface area contributed by atoms with Gasteiger partial charge < -0.3 is 14.3 Å². The van der Waals surface area contributed by atoms with Gasteiger partial charge in [0.1, 0.15) is 10.6 Å². The van der Waals surface area contributed by atoms with Gasteiger partial charge in [0.05, 0.1) is 24.4 Å². The monoisotopic (exact) mass is 516 g/mol. The molecule has 3 aromatic rings. The van der Waals surface area contributed by atoms with Crippen molar-refractivity contribution in [3.05, 3.63) is 79.9 Å². The summed E-state index contributed by atoms with van der Waals surface area (Å²) >= 11 is 4.35. The molecule has 1 aliphatic rings. The second kappa shape index (κ2) is 8.36. The number of aliphatic hydroxyl groups is 1. The van der Waals surface area contributed by atoms with Crippen LogP contribution in [0.5, 0.6) is 0 Å². The summed E-state index contributed by atoms with van der Waals surface area (Å²) in [6.07, 6.45) is 0. The maximum atomic E-state index is 13.3. The summed E-state index contributed by atoms with van der Waals surface area (Å²) in [5, 5.41) is 10.9. The molecule has 1 aliphatic heterocycles. The van der Waals surface area contributed by atoms with Crippen LogP contribution in [0, 0.1) is 13.8 Å². The van der Waals surface area contributed by atoms with Gasteiger partial charge in [0.2, 0.25) is 5.78 Å². The van der Waals surface area contributed by atoms with Crippen molar-refractivity contribution < 1.29 is 28.6 Å². The highest BCUT2D eigenvalue weighted by Crippen LogP contribution is 2.44. The Labute approximate surface area is 195 Å². The molecule has 1 amide bonds. The third-order valence-electron chi connectivity index (χ3n) is 4.94. The molecule has 0 fully saturated rings. The van der Waals surface area contributed by atoms with Crippen LogP contribution in [0.1, 0.15) is 43.3 Å². The molecule has 8 nitrogen and oxygen atoms in total. The second-order valence-corrected chi connectivity index (χ2v) is 8.93. The predicted molar refractivity (Wildman–Crippen MR) is 120 cm³/mol. The molecule has 3 heterocycles. The van der Waals surface area contributed by atoms with E-state index in [1.54, 1.807) is 44.2 Å². The number of ketones is 1. The quantitative estimate of drug-likeness (QED) is 0.387. The van der Waals surface area contributed by atoms with Crippen LogP contribution in [-0.4, -0.2) is 34.9 Å². The lowest BCUT2D eigenvalue weighted by atomic mass is 9.95. The molecule has 0 spiro atoms. The van der Waals surface area contributed by atoms with Crippen molar-refractivity contribution in [2.24, 2.45) is 0 Å². The predicted octanol–water partition coefficient (Wildman–Crippen LogP) is 4.68. The molecule has 32 heavy (non-hydrogen) atoms. The van der Waals surface area contributed by atoms with Gasteiger partial charge in [-0.25, -0.2) is 9.78 Å². The molecule has 0 saturated heterocycles. The van der Waals surface area contributed by atoms with E-state index in [2.05, 4.69) is 20.9 Å². The Morgan fingerprint density at radius 1 is 1.25 bits per heavy atom. The van der Waals surface area contributed by atoms with Crippen molar-refractivity contribution in [3.8, 4) is 0 Å². The van der Waals surface area contributed by atoms with Crippen molar-refractivity contribution in [1.82, 2.24) is 4.98 Å². The molecule has 0 aliphatic carbocycles. The summed E-state index contributed by atoms with van der Waals surface area (Å²) in [4.78, 5) is 44.3. The Hall–Kier alpha value is -3.24. The van der Waals surface area contributed by atoms with E-state index in [0.29, 0.717) is 17.0 Å². The standard InChI is InChI=1S/C22H17BrN2O6S/c1-10-7-8-14(31-10)17(26)15-16(12-5-4-6-13(23)9-12)25(20(28)18(15)27)22-24-11(2)19(32-22)21(29)30-3/h4-9,16,27H,1-3H3/t16-/m1/s1. The van der Waals surface area contributed by atoms with E-state index in [9.17, 15) is 19.5 Å². The number of aryl methyl sites for hydroxylation is 2. The number of hydrogen-bond acceptors (Lipinski definition) is 8. The van der Waals surface area contributed by atoms with Crippen molar-refractivity contribution in [2.75, 3.05) is 12.0 Å². The number of aliphatic hydroxyl groups excluding tert-OH is 1. The number of thiazole rings is 1. The van der Waals surface area contributed by atoms with Crippen molar-refractivity contribution in [3.63, 3.8) is 0 Å². The highest BCUT2D eigenvalue weighted by Gasteiger charge is 2.46. The van der Waals surface area contributed by atoms with Gasteiger partial charge in [-0.05, 0) is 43.7 Å². The number of hydrogen-bond donors (Lipinski definition) is 1. The van der Waals surface area contributed by atoms with Crippen LogP contribution >= 0.6 is 27.3 Å². The van der Waals surface area contributed by atoms with Crippen LogP contribution in [0.25, 0.3) is 0 Å². The number of anilines is 1. The number of amides is 1. The van der Waals surface area contributed by atoms with E-state index in [4.69, 9.17) is 9.15 Å². The van der Waals surface area contributed by atoms with E-state index in [1.165, 1.54) is 18.1 Å². The molecule has 10 heteroatoms. The summed E-state index contributed by atoms with van der Waals surface area (Å²) < 4.78 is 11.0. The average molecular weight is 517 g/mol. The number of methoxy groups -OCH3 is 1. The van der Waals surface area contributed by atoms with Crippen LogP contribution < -0.4 is 4.90 Å². The molecule has 164 valence electrons. The number of ether oxygens (including phenoxy) is 1. The molecule has 0 radical (unpaired) electrons. The molecule has 0 unspecified atom stereocenters. The number of furan rings is 1. The fourth-order valence-electron chi connectivity index (χ4n) is 3.48. The number of Topliss-reactive ketones (excluding diaryl/α,β-unsaturated/α-hetero) is 1. The molecule has 0 bridgehead atoms. The minimum absolute atomic E-state index is 0.00395. The number of halogens is 1. The maximum Gasteiger partial charge on any atom is 0.350 e. The number of rotatable bonds is 5. The van der Waals surface area contributed by atoms with Crippen LogP contribution in [0.3, 0.4) is 0 Å². The summed E-state index contributed by atoms with van der Waals surface area (Å²) in [5.41, 5.74) is 0.810. The lowest BCUT2D eigenvalue weighted by molar-refractivity contribution is -0.117. The Balaban J connectivity index is 1.88. The van der Waals surface area contributed by atoms with Gasteiger partial charge in [0.25, 0.3) is 5.91 Å². The van der Waals surface area contributed by atoms with Crippen molar-refractivity contribution >= 4 is 50.1 Å². The van der Waals surface area contributed by atoms with Gasteiger partial charge in [0, 0.05) is 4.47 Å². The Bertz CT molecular complexity index is 1290. The molecule has 2 aromatic heterocycles. The summed E-state index contributed by atoms with van der Waals surface area (Å²) in [7, 11) is 1.25. The topological polar surface area (TPSA) is 110 Å². The third kappa shape index (κ3) is 3.65.